The van der Waals surface area contributed by atoms with Gasteiger partial charge in [0.25, 0.3) is 0 Å². The summed E-state index contributed by atoms with van der Waals surface area (Å²) in [4.78, 5) is 2.86. The summed E-state index contributed by atoms with van der Waals surface area (Å²) in [7, 11) is 0. The maximum absolute atomic E-state index is 4.39. The number of fused-ring (bicyclic) bond motifs is 1. The molecule has 114 valence electrons. The van der Waals surface area contributed by atoms with E-state index in [4.69, 9.17) is 0 Å². The first-order chi connectivity index (χ1) is 10.2. The molecule has 0 spiro atoms. The summed E-state index contributed by atoms with van der Waals surface area (Å²) in [5.74, 6) is 3.12. The standard InChI is InChI=1S/C15H21N3S3/c1-10(2)8-16-5-3-14-17-18-15(21-14)13-7-11-9-19-6-4-12(11)20-13/h7,10,16H,3-6,8-9H2,1-2H3. The number of nitrogens with one attached hydrogen (secondary N) is 1. The van der Waals surface area contributed by atoms with E-state index >= 15 is 0 Å². The lowest BCUT2D eigenvalue weighted by molar-refractivity contribution is 0.553. The number of nitrogens with zero attached hydrogens (tertiary/aromatic N) is 2. The summed E-state index contributed by atoms with van der Waals surface area (Å²) in [5, 5.41) is 14.4. The number of rotatable bonds is 6. The third kappa shape index (κ3) is 4.06. The van der Waals surface area contributed by atoms with Crippen molar-refractivity contribution in [2.75, 3.05) is 18.8 Å². The highest BCUT2D eigenvalue weighted by molar-refractivity contribution is 7.98. The summed E-state index contributed by atoms with van der Waals surface area (Å²) in [6, 6.07) is 2.33. The van der Waals surface area contributed by atoms with Gasteiger partial charge in [0, 0.05) is 23.6 Å². The predicted octanol–water partition coefficient (Wildman–Crippen LogP) is 3.84. The van der Waals surface area contributed by atoms with E-state index in [9.17, 15) is 0 Å². The van der Waals surface area contributed by atoms with E-state index in [0.29, 0.717) is 5.92 Å². The Kier molecular flexibility index (Phi) is 5.32. The Bertz CT molecular complexity index is 565. The second-order valence-electron chi connectivity index (χ2n) is 5.71. The van der Waals surface area contributed by atoms with Crippen LogP contribution < -0.4 is 5.32 Å². The minimum atomic E-state index is 0.699. The molecule has 6 heteroatoms. The Morgan fingerprint density at radius 3 is 3.00 bits per heavy atom. The number of thioether (sulfide) groups is 1. The molecule has 1 aliphatic heterocycles. The van der Waals surface area contributed by atoms with Crippen molar-refractivity contribution in [2.45, 2.75) is 32.4 Å². The van der Waals surface area contributed by atoms with Gasteiger partial charge in [-0.05, 0) is 36.3 Å². The topological polar surface area (TPSA) is 37.8 Å². The normalized spacial score (nSPS) is 14.6. The smallest absolute Gasteiger partial charge is 0.157 e. The lowest BCUT2D eigenvalue weighted by atomic mass is 10.2. The molecule has 0 unspecified atom stereocenters. The van der Waals surface area contributed by atoms with Crippen molar-refractivity contribution in [1.29, 1.82) is 0 Å². The van der Waals surface area contributed by atoms with Crippen molar-refractivity contribution in [3.63, 3.8) is 0 Å². The van der Waals surface area contributed by atoms with Gasteiger partial charge in [-0.15, -0.1) is 21.5 Å². The molecule has 0 radical (unpaired) electrons. The van der Waals surface area contributed by atoms with Gasteiger partial charge in [-0.25, -0.2) is 0 Å². The molecule has 0 amide bonds. The molecule has 0 aromatic carbocycles. The van der Waals surface area contributed by atoms with E-state index in [-0.39, 0.29) is 0 Å². The predicted molar refractivity (Wildman–Crippen MR) is 94.5 cm³/mol. The number of aryl methyl sites for hydroxylation is 1. The van der Waals surface area contributed by atoms with E-state index < -0.39 is 0 Å². The van der Waals surface area contributed by atoms with Gasteiger partial charge in [0.05, 0.1) is 4.88 Å². The molecule has 2 aromatic heterocycles. The Hall–Kier alpha value is -0.430. The second-order valence-corrected chi connectivity index (χ2v) is 9.01. The maximum atomic E-state index is 4.39. The van der Waals surface area contributed by atoms with Gasteiger partial charge >= 0.3 is 0 Å². The quantitative estimate of drug-likeness (QED) is 0.811. The molecule has 0 fully saturated rings. The van der Waals surface area contributed by atoms with Crippen LogP contribution in [0.4, 0.5) is 0 Å². The zero-order valence-corrected chi connectivity index (χ0v) is 15.0. The van der Waals surface area contributed by atoms with Crippen LogP contribution in [0.1, 0.15) is 29.3 Å². The fraction of sp³-hybridized carbons (Fsp3) is 0.600. The summed E-state index contributed by atoms with van der Waals surface area (Å²) in [6.45, 7) is 6.52. The van der Waals surface area contributed by atoms with Crippen LogP contribution in [-0.2, 0) is 18.6 Å². The van der Waals surface area contributed by atoms with Crippen molar-refractivity contribution in [3.05, 3.63) is 21.5 Å². The highest BCUT2D eigenvalue weighted by Crippen LogP contribution is 2.37. The summed E-state index contributed by atoms with van der Waals surface area (Å²) < 4.78 is 0. The van der Waals surface area contributed by atoms with E-state index in [1.807, 2.05) is 23.1 Å². The molecule has 0 saturated heterocycles. The number of thiophene rings is 1. The van der Waals surface area contributed by atoms with Crippen LogP contribution in [-0.4, -0.2) is 29.0 Å². The molecule has 3 heterocycles. The van der Waals surface area contributed by atoms with Crippen molar-refractivity contribution in [3.8, 4) is 9.88 Å². The molecule has 21 heavy (non-hydrogen) atoms. The lowest BCUT2D eigenvalue weighted by Gasteiger charge is -2.08. The zero-order chi connectivity index (χ0) is 14.7. The summed E-state index contributed by atoms with van der Waals surface area (Å²) in [6.07, 6.45) is 2.20. The molecule has 0 saturated carbocycles. The Balaban J connectivity index is 1.60. The summed E-state index contributed by atoms with van der Waals surface area (Å²) >= 11 is 5.70. The van der Waals surface area contributed by atoms with Crippen LogP contribution in [0.3, 0.4) is 0 Å². The van der Waals surface area contributed by atoms with Gasteiger partial charge in [-0.1, -0.05) is 25.2 Å². The van der Waals surface area contributed by atoms with Crippen molar-refractivity contribution in [1.82, 2.24) is 15.5 Å². The SMILES string of the molecule is CC(C)CNCCc1nnc(-c2cc3c(s2)CCSC3)s1. The zero-order valence-electron chi connectivity index (χ0n) is 12.5. The molecule has 0 atom stereocenters. The molecule has 1 aliphatic rings. The van der Waals surface area contributed by atoms with Gasteiger partial charge in [0.2, 0.25) is 0 Å². The fourth-order valence-corrected chi connectivity index (χ4v) is 5.54. The highest BCUT2D eigenvalue weighted by atomic mass is 32.2. The minimum Gasteiger partial charge on any atom is -0.316 e. The lowest BCUT2D eigenvalue weighted by Crippen LogP contribution is -2.22. The number of aromatic nitrogens is 2. The van der Waals surface area contributed by atoms with Crippen LogP contribution in [0.2, 0.25) is 0 Å². The average molecular weight is 340 g/mol. The third-order valence-electron chi connectivity index (χ3n) is 3.37. The molecule has 3 rings (SSSR count). The summed E-state index contributed by atoms with van der Waals surface area (Å²) in [5.41, 5.74) is 1.52. The molecule has 3 nitrogen and oxygen atoms in total. The van der Waals surface area contributed by atoms with Gasteiger partial charge in [0.1, 0.15) is 5.01 Å². The van der Waals surface area contributed by atoms with Crippen molar-refractivity contribution in [2.24, 2.45) is 5.92 Å². The van der Waals surface area contributed by atoms with Crippen molar-refractivity contribution >= 4 is 34.4 Å². The first-order valence-electron chi connectivity index (χ1n) is 7.45. The molecule has 0 bridgehead atoms. The Morgan fingerprint density at radius 1 is 1.29 bits per heavy atom. The van der Waals surface area contributed by atoms with Gasteiger partial charge < -0.3 is 5.32 Å². The van der Waals surface area contributed by atoms with Crippen LogP contribution in [0.5, 0.6) is 0 Å². The average Bonchev–Trinajstić information content (AvgIpc) is 3.09. The highest BCUT2D eigenvalue weighted by Gasteiger charge is 2.16. The molecule has 1 N–H and O–H groups in total. The largest absolute Gasteiger partial charge is 0.316 e. The minimum absolute atomic E-state index is 0.699. The molecular formula is C15H21N3S3. The Morgan fingerprint density at radius 2 is 2.19 bits per heavy atom. The van der Waals surface area contributed by atoms with E-state index in [1.54, 1.807) is 16.2 Å². The van der Waals surface area contributed by atoms with Gasteiger partial charge in [-0.3, -0.25) is 0 Å². The maximum Gasteiger partial charge on any atom is 0.157 e. The fourth-order valence-electron chi connectivity index (χ4n) is 2.29. The van der Waals surface area contributed by atoms with Gasteiger partial charge in [-0.2, -0.15) is 11.8 Å². The molecular weight excluding hydrogens is 318 g/mol. The first-order valence-corrected chi connectivity index (χ1v) is 10.2. The van der Waals surface area contributed by atoms with Crippen LogP contribution in [0, 0.1) is 5.92 Å². The Labute approximate surface area is 138 Å². The second kappa shape index (κ2) is 7.22. The molecule has 0 aliphatic carbocycles. The molecule has 2 aromatic rings. The van der Waals surface area contributed by atoms with E-state index in [1.165, 1.54) is 22.6 Å². The van der Waals surface area contributed by atoms with Gasteiger partial charge in [0.15, 0.2) is 5.01 Å². The van der Waals surface area contributed by atoms with Crippen LogP contribution in [0.15, 0.2) is 6.07 Å². The number of hydrogen-bond acceptors (Lipinski definition) is 6. The van der Waals surface area contributed by atoms with E-state index in [2.05, 4.69) is 35.4 Å². The monoisotopic (exact) mass is 339 g/mol. The third-order valence-corrected chi connectivity index (χ3v) is 6.77. The first kappa shape index (κ1) is 15.5. The van der Waals surface area contributed by atoms with E-state index in [0.717, 1.165) is 35.3 Å². The van der Waals surface area contributed by atoms with Crippen LogP contribution >= 0.6 is 34.4 Å². The van der Waals surface area contributed by atoms with Crippen LogP contribution in [0.25, 0.3) is 9.88 Å². The number of hydrogen-bond donors (Lipinski definition) is 1. The van der Waals surface area contributed by atoms with Crippen molar-refractivity contribution < 1.29 is 0 Å².